The number of hydrogen-bond acceptors (Lipinski definition) is 6. The summed E-state index contributed by atoms with van der Waals surface area (Å²) in [6, 6.07) is -0.504. The lowest BCUT2D eigenvalue weighted by molar-refractivity contribution is -0.156. The molecule has 2 heterocycles. The van der Waals surface area contributed by atoms with Gasteiger partial charge in [-0.2, -0.15) is 0 Å². The minimum atomic E-state index is -0.974. The molecule has 1 aliphatic heterocycles. The molecule has 7 heteroatoms. The predicted octanol–water partition coefficient (Wildman–Crippen LogP) is 0.583. The van der Waals surface area contributed by atoms with Crippen LogP contribution < -0.4 is 0 Å². The van der Waals surface area contributed by atoms with Crippen LogP contribution in [0.3, 0.4) is 0 Å². The van der Waals surface area contributed by atoms with Gasteiger partial charge in [-0.25, -0.2) is 0 Å². The van der Waals surface area contributed by atoms with Crippen LogP contribution >= 0.6 is 0 Å². The molecule has 0 spiro atoms. The van der Waals surface area contributed by atoms with Gasteiger partial charge in [0.25, 0.3) is 0 Å². The van der Waals surface area contributed by atoms with Crippen LogP contribution in [0.1, 0.15) is 36.8 Å². The Balaban J connectivity index is 2.03. The van der Waals surface area contributed by atoms with Crippen LogP contribution in [0.15, 0.2) is 4.52 Å². The summed E-state index contributed by atoms with van der Waals surface area (Å²) in [5.74, 6) is 0.669. The Morgan fingerprint density at radius 1 is 1.35 bits per heavy atom. The Bertz CT molecular complexity index is 511. The van der Waals surface area contributed by atoms with E-state index < -0.39 is 18.2 Å². The largest absolute Gasteiger partial charge is 0.388 e. The Kier molecular flexibility index (Phi) is 6.15. The molecule has 2 N–H and O–H groups in total. The highest BCUT2D eigenvalue weighted by Crippen LogP contribution is 2.19. The number of hydrogen-bond donors (Lipinski definition) is 2. The van der Waals surface area contributed by atoms with Gasteiger partial charge in [0, 0.05) is 18.5 Å². The zero-order valence-electron chi connectivity index (χ0n) is 14.0. The summed E-state index contributed by atoms with van der Waals surface area (Å²) >= 11 is 0. The highest BCUT2D eigenvalue weighted by atomic mass is 16.5. The number of aliphatic hydroxyl groups excluding tert-OH is 2. The molecule has 130 valence electrons. The number of rotatable bonds is 6. The third kappa shape index (κ3) is 4.10. The van der Waals surface area contributed by atoms with Gasteiger partial charge in [-0.15, -0.1) is 0 Å². The van der Waals surface area contributed by atoms with Gasteiger partial charge in [0.15, 0.2) is 0 Å². The maximum atomic E-state index is 12.6. The standard InChI is InChI=1S/C16H26N2O5/c1-4-7-18(13-8-22-9-14(19)16(13)21)15(20)6-5-12-10(2)17-23-11(12)3/h13-14,16,19,21H,4-9H2,1-3H3/t13-,14-,16+/m1/s1. The van der Waals surface area contributed by atoms with E-state index in [9.17, 15) is 15.0 Å². The molecule has 2 rings (SSSR count). The highest BCUT2D eigenvalue weighted by molar-refractivity contribution is 5.77. The summed E-state index contributed by atoms with van der Waals surface area (Å²) in [5.41, 5.74) is 1.75. The minimum absolute atomic E-state index is 0.0615. The monoisotopic (exact) mass is 326 g/mol. The summed E-state index contributed by atoms with van der Waals surface area (Å²) in [4.78, 5) is 14.3. The molecule has 1 aromatic rings. The van der Waals surface area contributed by atoms with Gasteiger partial charge in [-0.1, -0.05) is 12.1 Å². The van der Waals surface area contributed by atoms with Crippen molar-refractivity contribution in [1.29, 1.82) is 0 Å². The lowest BCUT2D eigenvalue weighted by atomic mass is 10.0. The Labute approximate surface area is 136 Å². The molecule has 1 fully saturated rings. The van der Waals surface area contributed by atoms with Crippen LogP contribution in [0.4, 0.5) is 0 Å². The number of aromatic nitrogens is 1. The van der Waals surface area contributed by atoms with Crippen molar-refractivity contribution in [2.24, 2.45) is 0 Å². The van der Waals surface area contributed by atoms with E-state index in [4.69, 9.17) is 9.26 Å². The fraction of sp³-hybridized carbons (Fsp3) is 0.750. The molecule has 0 bridgehead atoms. The first-order valence-corrected chi connectivity index (χ1v) is 8.10. The van der Waals surface area contributed by atoms with Crippen LogP contribution in [-0.2, 0) is 16.0 Å². The summed E-state index contributed by atoms with van der Waals surface area (Å²) in [7, 11) is 0. The molecule has 1 aliphatic rings. The van der Waals surface area contributed by atoms with E-state index >= 15 is 0 Å². The van der Waals surface area contributed by atoms with E-state index in [1.807, 2.05) is 20.8 Å². The zero-order chi connectivity index (χ0) is 17.0. The molecule has 1 saturated heterocycles. The predicted molar refractivity (Wildman–Crippen MR) is 82.9 cm³/mol. The Morgan fingerprint density at radius 2 is 2.09 bits per heavy atom. The van der Waals surface area contributed by atoms with Gasteiger partial charge in [-0.05, 0) is 26.7 Å². The van der Waals surface area contributed by atoms with E-state index in [0.29, 0.717) is 19.4 Å². The van der Waals surface area contributed by atoms with Crippen molar-refractivity contribution in [3.63, 3.8) is 0 Å². The van der Waals surface area contributed by atoms with E-state index in [1.54, 1.807) is 4.90 Å². The summed E-state index contributed by atoms with van der Waals surface area (Å²) < 4.78 is 10.4. The zero-order valence-corrected chi connectivity index (χ0v) is 14.0. The van der Waals surface area contributed by atoms with Crippen molar-refractivity contribution in [2.75, 3.05) is 19.8 Å². The average molecular weight is 326 g/mol. The van der Waals surface area contributed by atoms with E-state index in [1.165, 1.54) is 0 Å². The first-order chi connectivity index (χ1) is 11.0. The van der Waals surface area contributed by atoms with E-state index in [2.05, 4.69) is 5.16 Å². The number of nitrogens with zero attached hydrogens (tertiary/aromatic N) is 2. The third-order valence-electron chi connectivity index (χ3n) is 4.32. The van der Waals surface area contributed by atoms with E-state index in [-0.39, 0.29) is 19.1 Å². The van der Waals surface area contributed by atoms with Gasteiger partial charge in [0.2, 0.25) is 5.91 Å². The van der Waals surface area contributed by atoms with Crippen LogP contribution in [0.2, 0.25) is 0 Å². The van der Waals surface area contributed by atoms with Crippen LogP contribution in [-0.4, -0.2) is 64.2 Å². The van der Waals surface area contributed by atoms with Crippen LogP contribution in [0.25, 0.3) is 0 Å². The number of carbonyl (C=O) groups excluding carboxylic acids is 1. The normalized spacial score (nSPS) is 24.7. The molecule has 7 nitrogen and oxygen atoms in total. The lowest BCUT2D eigenvalue weighted by Crippen LogP contribution is -2.57. The molecule has 0 saturated carbocycles. The van der Waals surface area contributed by atoms with Crippen LogP contribution in [0.5, 0.6) is 0 Å². The number of carbonyl (C=O) groups is 1. The SMILES string of the molecule is CCCN(C(=O)CCc1c(C)noc1C)[C@@H]1COC[C@@H](O)[C@H]1O. The second kappa shape index (κ2) is 7.90. The van der Waals surface area contributed by atoms with Gasteiger partial charge < -0.3 is 24.4 Å². The number of ether oxygens (including phenoxy) is 1. The topological polar surface area (TPSA) is 96.0 Å². The Hall–Kier alpha value is -1.44. The first kappa shape index (κ1) is 17.9. The van der Waals surface area contributed by atoms with Crippen molar-refractivity contribution < 1.29 is 24.3 Å². The highest BCUT2D eigenvalue weighted by Gasteiger charge is 2.37. The maximum Gasteiger partial charge on any atom is 0.223 e. The van der Waals surface area contributed by atoms with Crippen molar-refractivity contribution in [3.8, 4) is 0 Å². The van der Waals surface area contributed by atoms with Gasteiger partial charge in [0.1, 0.15) is 18.0 Å². The van der Waals surface area contributed by atoms with E-state index in [0.717, 1.165) is 23.4 Å². The molecule has 23 heavy (non-hydrogen) atoms. The summed E-state index contributed by atoms with van der Waals surface area (Å²) in [6.45, 7) is 6.54. The fourth-order valence-corrected chi connectivity index (χ4v) is 2.99. The summed E-state index contributed by atoms with van der Waals surface area (Å²) in [6.07, 6.45) is -0.299. The third-order valence-corrected chi connectivity index (χ3v) is 4.32. The first-order valence-electron chi connectivity index (χ1n) is 8.10. The second-order valence-electron chi connectivity index (χ2n) is 6.05. The maximum absolute atomic E-state index is 12.6. The molecular weight excluding hydrogens is 300 g/mol. The lowest BCUT2D eigenvalue weighted by Gasteiger charge is -2.39. The van der Waals surface area contributed by atoms with Crippen LogP contribution in [0, 0.1) is 13.8 Å². The number of aliphatic hydroxyl groups is 2. The average Bonchev–Trinajstić information content (AvgIpc) is 2.84. The second-order valence-corrected chi connectivity index (χ2v) is 6.05. The fourth-order valence-electron chi connectivity index (χ4n) is 2.99. The van der Waals surface area contributed by atoms with Crippen molar-refractivity contribution in [2.45, 2.75) is 58.3 Å². The molecule has 0 aromatic carbocycles. The molecule has 0 radical (unpaired) electrons. The van der Waals surface area contributed by atoms with Gasteiger partial charge in [-0.3, -0.25) is 4.79 Å². The van der Waals surface area contributed by atoms with Crippen molar-refractivity contribution in [3.05, 3.63) is 17.0 Å². The summed E-state index contributed by atoms with van der Waals surface area (Å²) in [5, 5.41) is 23.8. The molecule has 1 amide bonds. The quantitative estimate of drug-likeness (QED) is 0.794. The molecule has 3 atom stereocenters. The number of aryl methyl sites for hydroxylation is 2. The Morgan fingerprint density at radius 3 is 2.70 bits per heavy atom. The molecule has 1 aromatic heterocycles. The van der Waals surface area contributed by atoms with Crippen molar-refractivity contribution in [1.82, 2.24) is 10.1 Å². The van der Waals surface area contributed by atoms with Gasteiger partial charge >= 0.3 is 0 Å². The van der Waals surface area contributed by atoms with Gasteiger partial charge in [0.05, 0.1) is 24.9 Å². The number of amides is 1. The molecule has 0 unspecified atom stereocenters. The molecule has 0 aliphatic carbocycles. The van der Waals surface area contributed by atoms with Crippen molar-refractivity contribution >= 4 is 5.91 Å². The molecular formula is C16H26N2O5. The smallest absolute Gasteiger partial charge is 0.223 e. The minimum Gasteiger partial charge on any atom is -0.388 e.